The number of benzene rings is 1. The normalized spacial score (nSPS) is 23.0. The molecule has 0 saturated carbocycles. The monoisotopic (exact) mass is 325 g/mol. The summed E-state index contributed by atoms with van der Waals surface area (Å²) in [5.41, 5.74) is 1.18. The third-order valence-corrected chi connectivity index (χ3v) is 4.77. The molecule has 22 heavy (non-hydrogen) atoms. The lowest BCUT2D eigenvalue weighted by atomic mass is 10.0. The minimum atomic E-state index is -1.04. The van der Waals surface area contributed by atoms with Crippen molar-refractivity contribution in [3.63, 3.8) is 0 Å². The van der Waals surface area contributed by atoms with Crippen molar-refractivity contribution in [3.8, 4) is 0 Å². The molecule has 6 heteroatoms. The van der Waals surface area contributed by atoms with Crippen LogP contribution in [-0.2, 0) is 15.9 Å². The molecule has 1 amide bonds. The van der Waals surface area contributed by atoms with Crippen LogP contribution >= 0.6 is 11.8 Å². The number of hydrogen-bond donors (Lipinski definition) is 2. The van der Waals surface area contributed by atoms with E-state index in [1.54, 1.807) is 11.8 Å². The molecule has 0 aliphatic carbocycles. The number of carbonyl (C=O) groups is 1. The second kappa shape index (κ2) is 7.35. The van der Waals surface area contributed by atoms with Gasteiger partial charge in [-0.1, -0.05) is 30.3 Å². The van der Waals surface area contributed by atoms with E-state index in [2.05, 4.69) is 17.4 Å². The van der Waals surface area contributed by atoms with Crippen molar-refractivity contribution in [1.29, 1.82) is 0 Å². The minimum Gasteiger partial charge on any atom is -0.465 e. The summed E-state index contributed by atoms with van der Waals surface area (Å²) < 4.78 is 11.5. The predicted molar refractivity (Wildman–Crippen MR) is 87.3 cm³/mol. The molecule has 2 rings (SSSR count). The van der Waals surface area contributed by atoms with Crippen LogP contribution in [-0.4, -0.2) is 47.2 Å². The Morgan fingerprint density at radius 1 is 1.45 bits per heavy atom. The first-order valence-electron chi connectivity index (χ1n) is 7.29. The lowest BCUT2D eigenvalue weighted by Crippen LogP contribution is -2.51. The summed E-state index contributed by atoms with van der Waals surface area (Å²) in [4.78, 5) is 11.2. The number of amides is 1. The molecule has 1 aromatic rings. The van der Waals surface area contributed by atoms with E-state index in [0.717, 1.165) is 6.42 Å². The van der Waals surface area contributed by atoms with Crippen LogP contribution in [0, 0.1) is 0 Å². The quantitative estimate of drug-likeness (QED) is 0.842. The molecule has 2 N–H and O–H groups in total. The Morgan fingerprint density at radius 3 is 2.64 bits per heavy atom. The molecule has 1 unspecified atom stereocenters. The van der Waals surface area contributed by atoms with Gasteiger partial charge >= 0.3 is 6.09 Å². The zero-order valence-corrected chi connectivity index (χ0v) is 13.9. The number of ether oxygens (including phenoxy) is 2. The Labute approximate surface area is 135 Å². The van der Waals surface area contributed by atoms with Gasteiger partial charge in [0.1, 0.15) is 6.10 Å². The van der Waals surface area contributed by atoms with Crippen molar-refractivity contribution in [3.05, 3.63) is 35.9 Å². The van der Waals surface area contributed by atoms with Crippen LogP contribution in [0.2, 0.25) is 0 Å². The SMILES string of the molecule is CS[C@@H](Cc1ccccc1)C(NC(=O)O)[C@@H]1COC(C)(C)O1. The van der Waals surface area contributed by atoms with Gasteiger partial charge in [0, 0.05) is 5.25 Å². The Morgan fingerprint density at radius 2 is 2.14 bits per heavy atom. The van der Waals surface area contributed by atoms with Crippen LogP contribution < -0.4 is 5.32 Å². The summed E-state index contributed by atoms with van der Waals surface area (Å²) in [6, 6.07) is 9.74. The molecular formula is C16H23NO4S. The molecule has 5 nitrogen and oxygen atoms in total. The molecule has 1 aliphatic rings. The number of rotatable bonds is 6. The standard InChI is InChI=1S/C16H23NO4S/c1-16(2)20-10-12(21-16)14(17-15(18)19)13(22-3)9-11-7-5-4-6-8-11/h4-8,12-14,17H,9-10H2,1-3H3,(H,18,19)/t12-,13-,14?/m0/s1. The molecule has 1 heterocycles. The van der Waals surface area contributed by atoms with Gasteiger partial charge in [-0.3, -0.25) is 0 Å². The second-order valence-electron chi connectivity index (χ2n) is 5.81. The molecule has 0 aromatic heterocycles. The largest absolute Gasteiger partial charge is 0.465 e. The highest BCUT2D eigenvalue weighted by atomic mass is 32.2. The Hall–Kier alpha value is -1.24. The summed E-state index contributed by atoms with van der Waals surface area (Å²) >= 11 is 1.64. The van der Waals surface area contributed by atoms with E-state index in [9.17, 15) is 4.79 Å². The van der Waals surface area contributed by atoms with E-state index in [0.29, 0.717) is 6.61 Å². The first kappa shape index (κ1) is 17.1. The van der Waals surface area contributed by atoms with Crippen LogP contribution in [0.3, 0.4) is 0 Å². The average Bonchev–Trinajstić information content (AvgIpc) is 2.83. The summed E-state index contributed by atoms with van der Waals surface area (Å²) in [7, 11) is 0. The highest BCUT2D eigenvalue weighted by Crippen LogP contribution is 2.29. The first-order chi connectivity index (χ1) is 10.4. The van der Waals surface area contributed by atoms with E-state index < -0.39 is 11.9 Å². The van der Waals surface area contributed by atoms with E-state index in [1.165, 1.54) is 5.56 Å². The van der Waals surface area contributed by atoms with Crippen molar-refractivity contribution < 1.29 is 19.4 Å². The highest BCUT2D eigenvalue weighted by Gasteiger charge is 2.41. The van der Waals surface area contributed by atoms with Gasteiger partial charge in [-0.2, -0.15) is 11.8 Å². The van der Waals surface area contributed by atoms with Crippen molar-refractivity contribution >= 4 is 17.9 Å². The number of carboxylic acid groups (broad SMARTS) is 1. The molecule has 1 aromatic carbocycles. The van der Waals surface area contributed by atoms with E-state index in [4.69, 9.17) is 14.6 Å². The molecule has 122 valence electrons. The summed E-state index contributed by atoms with van der Waals surface area (Å²) in [5, 5.41) is 11.9. The lowest BCUT2D eigenvalue weighted by Gasteiger charge is -2.30. The third-order valence-electron chi connectivity index (χ3n) is 3.70. The number of nitrogens with one attached hydrogen (secondary N) is 1. The maximum absolute atomic E-state index is 11.2. The fourth-order valence-electron chi connectivity index (χ4n) is 2.66. The molecule has 1 saturated heterocycles. The third kappa shape index (κ3) is 4.63. The topological polar surface area (TPSA) is 67.8 Å². The Kier molecular flexibility index (Phi) is 5.72. The Bertz CT molecular complexity index is 494. The fraction of sp³-hybridized carbons (Fsp3) is 0.562. The maximum atomic E-state index is 11.2. The van der Waals surface area contributed by atoms with Crippen molar-refractivity contribution in [2.75, 3.05) is 12.9 Å². The van der Waals surface area contributed by atoms with Crippen molar-refractivity contribution in [1.82, 2.24) is 5.32 Å². The fourth-order valence-corrected chi connectivity index (χ4v) is 3.56. The van der Waals surface area contributed by atoms with Gasteiger partial charge in [-0.05, 0) is 32.1 Å². The molecule has 1 fully saturated rings. The van der Waals surface area contributed by atoms with Gasteiger partial charge in [0.15, 0.2) is 5.79 Å². The van der Waals surface area contributed by atoms with Gasteiger partial charge < -0.3 is 19.9 Å². The summed E-state index contributed by atoms with van der Waals surface area (Å²) in [5.74, 6) is -0.668. The van der Waals surface area contributed by atoms with Crippen LogP contribution in [0.1, 0.15) is 19.4 Å². The molecule has 0 bridgehead atoms. The van der Waals surface area contributed by atoms with Crippen molar-refractivity contribution in [2.45, 2.75) is 43.5 Å². The number of hydrogen-bond acceptors (Lipinski definition) is 4. The van der Waals surface area contributed by atoms with Gasteiger partial charge in [0.05, 0.1) is 12.6 Å². The molecular weight excluding hydrogens is 302 g/mol. The highest BCUT2D eigenvalue weighted by molar-refractivity contribution is 7.99. The van der Waals surface area contributed by atoms with Crippen LogP contribution in [0.5, 0.6) is 0 Å². The van der Waals surface area contributed by atoms with Crippen LogP contribution in [0.4, 0.5) is 4.79 Å². The summed E-state index contributed by atoms with van der Waals surface area (Å²) in [6.45, 7) is 4.08. The van der Waals surface area contributed by atoms with Crippen LogP contribution in [0.15, 0.2) is 30.3 Å². The van der Waals surface area contributed by atoms with Gasteiger partial charge in [-0.15, -0.1) is 0 Å². The van der Waals surface area contributed by atoms with Crippen molar-refractivity contribution in [2.24, 2.45) is 0 Å². The molecule has 0 radical (unpaired) electrons. The van der Waals surface area contributed by atoms with Gasteiger partial charge in [-0.25, -0.2) is 4.79 Å². The van der Waals surface area contributed by atoms with E-state index in [-0.39, 0.29) is 17.4 Å². The number of thioether (sulfide) groups is 1. The van der Waals surface area contributed by atoms with Gasteiger partial charge in [0.25, 0.3) is 0 Å². The zero-order chi connectivity index (χ0) is 16.2. The lowest BCUT2D eigenvalue weighted by molar-refractivity contribution is -0.141. The Balaban J connectivity index is 2.13. The molecule has 3 atom stereocenters. The maximum Gasteiger partial charge on any atom is 0.405 e. The smallest absolute Gasteiger partial charge is 0.405 e. The minimum absolute atomic E-state index is 0.0704. The second-order valence-corrected chi connectivity index (χ2v) is 6.88. The molecule has 1 aliphatic heterocycles. The first-order valence-corrected chi connectivity index (χ1v) is 8.58. The molecule has 0 spiro atoms. The van der Waals surface area contributed by atoms with Crippen LogP contribution in [0.25, 0.3) is 0 Å². The average molecular weight is 325 g/mol. The zero-order valence-electron chi connectivity index (χ0n) is 13.1. The van der Waals surface area contributed by atoms with E-state index in [1.807, 2.05) is 38.3 Å². The van der Waals surface area contributed by atoms with Gasteiger partial charge in [0.2, 0.25) is 0 Å². The van der Waals surface area contributed by atoms with E-state index >= 15 is 0 Å². The summed E-state index contributed by atoms with van der Waals surface area (Å²) in [6.07, 6.45) is 1.44. The predicted octanol–water partition coefficient (Wildman–Crippen LogP) is 2.75.